The topological polar surface area (TPSA) is 53.0 Å². The van der Waals surface area contributed by atoms with E-state index < -0.39 is 5.54 Å². The number of nitriles is 1. The van der Waals surface area contributed by atoms with E-state index in [2.05, 4.69) is 18.0 Å². The minimum absolute atomic E-state index is 0.535. The number of hydrogen-bond acceptors (Lipinski definition) is 3. The molecule has 3 heteroatoms. The second-order valence-corrected chi connectivity index (χ2v) is 3.07. The lowest BCUT2D eigenvalue weighted by atomic mass is 9.91. The minimum atomic E-state index is -0.535. The maximum Gasteiger partial charge on any atom is 0.106 e. The summed E-state index contributed by atoms with van der Waals surface area (Å²) >= 11 is 0. The van der Waals surface area contributed by atoms with Crippen LogP contribution in [0.4, 0.5) is 0 Å². The van der Waals surface area contributed by atoms with Crippen LogP contribution in [0.1, 0.15) is 12.8 Å². The van der Waals surface area contributed by atoms with E-state index in [0.717, 1.165) is 25.9 Å². The second-order valence-electron chi connectivity index (χ2n) is 3.07. The van der Waals surface area contributed by atoms with Gasteiger partial charge in [-0.3, -0.25) is 0 Å². The van der Waals surface area contributed by atoms with Crippen molar-refractivity contribution in [3.63, 3.8) is 0 Å². The van der Waals surface area contributed by atoms with Crippen LogP contribution in [0.25, 0.3) is 0 Å². The van der Waals surface area contributed by atoms with Gasteiger partial charge in [0.25, 0.3) is 0 Å². The van der Waals surface area contributed by atoms with Gasteiger partial charge in [-0.2, -0.15) is 5.26 Å². The summed E-state index contributed by atoms with van der Waals surface area (Å²) in [6.07, 6.45) is 1.61. The molecule has 56 valence electrons. The van der Waals surface area contributed by atoms with E-state index in [1.807, 2.05) is 0 Å². The molecule has 1 heterocycles. The first kappa shape index (κ1) is 7.52. The van der Waals surface area contributed by atoms with Crippen molar-refractivity contribution >= 4 is 0 Å². The molecule has 0 aromatic heterocycles. The largest absolute Gasteiger partial charge is 0.313 e. The monoisotopic (exact) mass is 139 g/mol. The Bertz CT molecular complexity index is 151. The molecule has 0 amide bonds. The smallest absolute Gasteiger partial charge is 0.106 e. The van der Waals surface area contributed by atoms with Crippen molar-refractivity contribution in [3.8, 4) is 6.07 Å². The third kappa shape index (κ3) is 1.47. The average molecular weight is 139 g/mol. The fourth-order valence-corrected chi connectivity index (χ4v) is 1.13. The van der Waals surface area contributed by atoms with Crippen LogP contribution in [0.2, 0.25) is 0 Å². The minimum Gasteiger partial charge on any atom is -0.313 e. The zero-order chi connectivity index (χ0) is 7.61. The Hall–Kier alpha value is -0.590. The molecule has 0 aromatic rings. The SMILES string of the molecule is CN1CCC(N)(C#N)CC1. The van der Waals surface area contributed by atoms with Crippen molar-refractivity contribution in [2.75, 3.05) is 20.1 Å². The molecular formula is C7H13N3. The number of rotatable bonds is 0. The molecule has 0 bridgehead atoms. The fraction of sp³-hybridized carbons (Fsp3) is 0.857. The molecular weight excluding hydrogens is 126 g/mol. The zero-order valence-corrected chi connectivity index (χ0v) is 6.30. The lowest BCUT2D eigenvalue weighted by Gasteiger charge is -2.32. The van der Waals surface area contributed by atoms with Crippen molar-refractivity contribution in [2.24, 2.45) is 5.73 Å². The highest BCUT2D eigenvalue weighted by molar-refractivity contribution is 5.06. The summed E-state index contributed by atoms with van der Waals surface area (Å²) in [5.41, 5.74) is 5.20. The number of hydrogen-bond donors (Lipinski definition) is 1. The van der Waals surface area contributed by atoms with Crippen LogP contribution in [0.3, 0.4) is 0 Å². The Balaban J connectivity index is 2.48. The number of nitrogens with zero attached hydrogens (tertiary/aromatic N) is 2. The van der Waals surface area contributed by atoms with Crippen LogP contribution in [0.5, 0.6) is 0 Å². The number of likely N-dealkylation sites (tertiary alicyclic amines) is 1. The molecule has 0 aliphatic carbocycles. The van der Waals surface area contributed by atoms with Gasteiger partial charge in [-0.1, -0.05) is 0 Å². The van der Waals surface area contributed by atoms with Gasteiger partial charge in [0.1, 0.15) is 5.54 Å². The van der Waals surface area contributed by atoms with Crippen LogP contribution in [0, 0.1) is 11.3 Å². The number of piperidine rings is 1. The van der Waals surface area contributed by atoms with Crippen molar-refractivity contribution in [3.05, 3.63) is 0 Å². The second kappa shape index (κ2) is 2.57. The maximum absolute atomic E-state index is 8.64. The van der Waals surface area contributed by atoms with E-state index in [-0.39, 0.29) is 0 Å². The van der Waals surface area contributed by atoms with Gasteiger partial charge in [-0.25, -0.2) is 0 Å². The number of nitrogens with two attached hydrogens (primary N) is 1. The highest BCUT2D eigenvalue weighted by Crippen LogP contribution is 2.16. The van der Waals surface area contributed by atoms with Gasteiger partial charge in [0.05, 0.1) is 6.07 Å². The van der Waals surface area contributed by atoms with Gasteiger partial charge in [0.2, 0.25) is 0 Å². The van der Waals surface area contributed by atoms with Gasteiger partial charge < -0.3 is 10.6 Å². The van der Waals surface area contributed by atoms with Crippen molar-refractivity contribution in [2.45, 2.75) is 18.4 Å². The summed E-state index contributed by atoms with van der Waals surface area (Å²) in [5.74, 6) is 0. The third-order valence-corrected chi connectivity index (χ3v) is 2.10. The van der Waals surface area contributed by atoms with Crippen LogP contribution in [0.15, 0.2) is 0 Å². The molecule has 1 saturated heterocycles. The van der Waals surface area contributed by atoms with Gasteiger partial charge in [0, 0.05) is 13.1 Å². The standard InChI is InChI=1S/C7H13N3/c1-10-4-2-7(9,6-8)3-5-10/h2-5,9H2,1H3. The van der Waals surface area contributed by atoms with Crippen molar-refractivity contribution in [1.29, 1.82) is 5.26 Å². The molecule has 0 radical (unpaired) electrons. The molecule has 1 fully saturated rings. The molecule has 0 unspecified atom stereocenters. The molecule has 0 atom stereocenters. The zero-order valence-electron chi connectivity index (χ0n) is 6.30. The molecule has 0 saturated carbocycles. The Morgan fingerprint density at radius 2 is 2.00 bits per heavy atom. The Labute approximate surface area is 61.4 Å². The first-order valence-electron chi connectivity index (χ1n) is 3.55. The van der Waals surface area contributed by atoms with Gasteiger partial charge in [0.15, 0.2) is 0 Å². The lowest BCUT2D eigenvalue weighted by Crippen LogP contribution is -2.48. The van der Waals surface area contributed by atoms with Gasteiger partial charge in [-0.05, 0) is 19.9 Å². The first-order chi connectivity index (χ1) is 4.66. The normalized spacial score (nSPS) is 25.7. The first-order valence-corrected chi connectivity index (χ1v) is 3.55. The molecule has 2 N–H and O–H groups in total. The quantitative estimate of drug-likeness (QED) is 0.511. The van der Waals surface area contributed by atoms with E-state index in [4.69, 9.17) is 11.0 Å². The van der Waals surface area contributed by atoms with E-state index in [9.17, 15) is 0 Å². The molecule has 0 spiro atoms. The third-order valence-electron chi connectivity index (χ3n) is 2.10. The van der Waals surface area contributed by atoms with Crippen molar-refractivity contribution < 1.29 is 0 Å². The summed E-state index contributed by atoms with van der Waals surface area (Å²) in [7, 11) is 2.05. The molecule has 10 heavy (non-hydrogen) atoms. The van der Waals surface area contributed by atoms with E-state index >= 15 is 0 Å². The Morgan fingerprint density at radius 3 is 2.40 bits per heavy atom. The van der Waals surface area contributed by atoms with E-state index in [1.165, 1.54) is 0 Å². The van der Waals surface area contributed by atoms with Crippen LogP contribution < -0.4 is 5.73 Å². The van der Waals surface area contributed by atoms with Crippen LogP contribution in [-0.2, 0) is 0 Å². The highest BCUT2D eigenvalue weighted by atomic mass is 15.1. The summed E-state index contributed by atoms with van der Waals surface area (Å²) in [4.78, 5) is 2.20. The molecule has 1 rings (SSSR count). The maximum atomic E-state index is 8.64. The lowest BCUT2D eigenvalue weighted by molar-refractivity contribution is 0.224. The molecule has 1 aliphatic rings. The van der Waals surface area contributed by atoms with E-state index in [1.54, 1.807) is 0 Å². The van der Waals surface area contributed by atoms with Crippen LogP contribution in [-0.4, -0.2) is 30.6 Å². The molecule has 0 aromatic carbocycles. The Kier molecular flexibility index (Phi) is 1.93. The molecule has 1 aliphatic heterocycles. The summed E-state index contributed by atoms with van der Waals surface area (Å²) < 4.78 is 0. The summed E-state index contributed by atoms with van der Waals surface area (Å²) in [6, 6.07) is 2.15. The average Bonchev–Trinajstić information content (AvgIpc) is 1.96. The Morgan fingerprint density at radius 1 is 1.50 bits per heavy atom. The van der Waals surface area contributed by atoms with Crippen LogP contribution >= 0.6 is 0 Å². The molecule has 3 nitrogen and oxygen atoms in total. The summed E-state index contributed by atoms with van der Waals surface area (Å²) in [5, 5.41) is 8.64. The predicted octanol–water partition coefficient (Wildman–Crippen LogP) is -0.0669. The van der Waals surface area contributed by atoms with Crippen molar-refractivity contribution in [1.82, 2.24) is 4.90 Å². The van der Waals surface area contributed by atoms with Gasteiger partial charge in [-0.15, -0.1) is 0 Å². The summed E-state index contributed by atoms with van der Waals surface area (Å²) in [6.45, 7) is 1.90. The predicted molar refractivity (Wildman–Crippen MR) is 39.3 cm³/mol. The van der Waals surface area contributed by atoms with Gasteiger partial charge >= 0.3 is 0 Å². The fourth-order valence-electron chi connectivity index (χ4n) is 1.13. The van der Waals surface area contributed by atoms with E-state index in [0.29, 0.717) is 0 Å². The highest BCUT2D eigenvalue weighted by Gasteiger charge is 2.28.